The second-order valence-corrected chi connectivity index (χ2v) is 28.6. The largest absolute Gasteiger partial charge is 0.695 e. The SMILES string of the molecule is CC(C)[Si](O)(O[Si](O[C@H]1[C@@H](O[P@](=S)(OCCC#N)OC[C@H]2C[C@@H](Oc3ccncn3)C[C@@H]2O[P+](=O)O)[C@H](n2cc(F)c3c(=O)[nH]cnc32)O[C@@H]1CO)(C(C)C)C(C)C)C(C)C. The number of nitriles is 1. The van der Waals surface area contributed by atoms with Gasteiger partial charge in [0.05, 0.1) is 38.6 Å². The number of nitrogens with one attached hydrogen (secondary N) is 1. The third kappa shape index (κ3) is 11.2. The Morgan fingerprint density at radius 2 is 1.82 bits per heavy atom. The fraction of sp³-hybridized carbons (Fsp3) is 0.694. The Bertz CT molecular complexity index is 2090. The van der Waals surface area contributed by atoms with E-state index in [-0.39, 0.29) is 65.7 Å². The molecule has 0 amide bonds. The molecule has 0 aromatic carbocycles. The summed E-state index contributed by atoms with van der Waals surface area (Å²) >= 11 is 6.06. The molecular formula is C36H56FN6O13P2SSi2+. The summed E-state index contributed by atoms with van der Waals surface area (Å²) in [6, 6.07) is 3.57. The number of aromatic nitrogens is 5. The lowest BCUT2D eigenvalue weighted by Crippen LogP contribution is -2.62. The highest BCUT2D eigenvalue weighted by Crippen LogP contribution is 2.56. The normalized spacial score (nSPS) is 24.9. The first-order valence-corrected chi connectivity index (χ1v) is 27.8. The molecule has 4 heterocycles. The van der Waals surface area contributed by atoms with Crippen molar-refractivity contribution in [1.82, 2.24) is 24.5 Å². The van der Waals surface area contributed by atoms with Crippen LogP contribution in [-0.2, 0) is 47.7 Å². The van der Waals surface area contributed by atoms with Crippen molar-refractivity contribution < 1.29 is 59.9 Å². The molecule has 0 spiro atoms. The van der Waals surface area contributed by atoms with Crippen LogP contribution in [0.25, 0.3) is 11.0 Å². The molecule has 61 heavy (non-hydrogen) atoms. The van der Waals surface area contributed by atoms with Crippen molar-refractivity contribution in [2.45, 2.75) is 134 Å². The number of fused-ring (bicyclic) bond motifs is 1. The number of rotatable bonds is 22. The van der Waals surface area contributed by atoms with Gasteiger partial charge in [-0.1, -0.05) is 55.4 Å². The van der Waals surface area contributed by atoms with E-state index in [1.54, 1.807) is 6.07 Å². The molecule has 0 radical (unpaired) electrons. The van der Waals surface area contributed by atoms with Crippen LogP contribution in [0.3, 0.4) is 0 Å². The summed E-state index contributed by atoms with van der Waals surface area (Å²) in [7, 11) is -10.2. The summed E-state index contributed by atoms with van der Waals surface area (Å²) in [5.41, 5.74) is -1.90. The van der Waals surface area contributed by atoms with Gasteiger partial charge in [0, 0.05) is 35.4 Å². The minimum atomic E-state index is -4.05. The second kappa shape index (κ2) is 21.0. The molecule has 1 saturated carbocycles. The maximum absolute atomic E-state index is 15.6. The third-order valence-electron chi connectivity index (χ3n) is 11.0. The Kier molecular flexibility index (Phi) is 17.0. The first-order chi connectivity index (χ1) is 28.8. The van der Waals surface area contributed by atoms with E-state index in [9.17, 15) is 29.4 Å². The van der Waals surface area contributed by atoms with Crippen LogP contribution in [-0.4, -0.2) is 107 Å². The molecule has 0 bridgehead atoms. The molecule has 1 unspecified atom stereocenters. The summed E-state index contributed by atoms with van der Waals surface area (Å²) in [6.45, 7) is 10.2. The fourth-order valence-electron chi connectivity index (χ4n) is 7.86. The van der Waals surface area contributed by atoms with Gasteiger partial charge in [-0.25, -0.2) is 19.3 Å². The Morgan fingerprint density at radius 3 is 2.41 bits per heavy atom. The average molecular weight is 950 g/mol. The van der Waals surface area contributed by atoms with Gasteiger partial charge >= 0.3 is 32.1 Å². The van der Waals surface area contributed by atoms with Gasteiger partial charge in [0.15, 0.2) is 17.7 Å². The molecule has 3 aromatic rings. The van der Waals surface area contributed by atoms with Gasteiger partial charge in [0.2, 0.25) is 5.88 Å². The number of aliphatic hydroxyl groups is 1. The van der Waals surface area contributed by atoms with E-state index >= 15 is 4.39 Å². The van der Waals surface area contributed by atoms with Gasteiger partial charge in [-0.15, -0.1) is 9.42 Å². The number of nitrogens with zero attached hydrogens (tertiary/aromatic N) is 5. The van der Waals surface area contributed by atoms with Crippen LogP contribution in [0.2, 0.25) is 22.2 Å². The second-order valence-electron chi connectivity index (χ2n) is 16.3. The van der Waals surface area contributed by atoms with Crippen LogP contribution in [0.1, 0.15) is 80.9 Å². The molecule has 5 rings (SSSR count). The van der Waals surface area contributed by atoms with Crippen molar-refractivity contribution in [3.63, 3.8) is 0 Å². The van der Waals surface area contributed by atoms with Crippen LogP contribution in [0.15, 0.2) is 35.9 Å². The van der Waals surface area contributed by atoms with Gasteiger partial charge in [0.1, 0.15) is 42.2 Å². The van der Waals surface area contributed by atoms with E-state index in [0.29, 0.717) is 5.88 Å². The first-order valence-electron chi connectivity index (χ1n) is 20.1. The zero-order valence-corrected chi connectivity index (χ0v) is 39.9. The van der Waals surface area contributed by atoms with E-state index in [4.69, 9.17) is 47.9 Å². The summed E-state index contributed by atoms with van der Waals surface area (Å²) < 4.78 is 80.1. The molecule has 4 N–H and O–H groups in total. The van der Waals surface area contributed by atoms with Crippen molar-refractivity contribution in [3.05, 3.63) is 47.3 Å². The summed E-state index contributed by atoms with van der Waals surface area (Å²) in [5.74, 6) is -1.20. The monoisotopic (exact) mass is 949 g/mol. The average Bonchev–Trinajstić information content (AvgIpc) is 3.85. The lowest BCUT2D eigenvalue weighted by atomic mass is 10.1. The molecule has 1 saturated heterocycles. The molecule has 19 nitrogen and oxygen atoms in total. The molecule has 3 aromatic heterocycles. The highest BCUT2D eigenvalue weighted by atomic mass is 32.5. The maximum Gasteiger partial charge on any atom is 0.695 e. The van der Waals surface area contributed by atoms with Crippen LogP contribution in [0, 0.1) is 23.1 Å². The van der Waals surface area contributed by atoms with Gasteiger partial charge in [-0.2, -0.15) is 5.26 Å². The molecule has 25 heteroatoms. The minimum absolute atomic E-state index is 0.107. The Hall–Kier alpha value is -2.50. The van der Waals surface area contributed by atoms with E-state index in [2.05, 4.69) is 19.9 Å². The summed E-state index contributed by atoms with van der Waals surface area (Å²) in [6.07, 6.45) is -1.17. The van der Waals surface area contributed by atoms with Crippen molar-refractivity contribution in [2.75, 3.05) is 19.8 Å². The smallest absolute Gasteiger partial charge is 0.474 e. The van der Waals surface area contributed by atoms with Crippen molar-refractivity contribution in [2.24, 2.45) is 5.92 Å². The highest BCUT2D eigenvalue weighted by Gasteiger charge is 2.60. The zero-order valence-electron chi connectivity index (χ0n) is 35.3. The lowest BCUT2D eigenvalue weighted by Gasteiger charge is -2.47. The maximum atomic E-state index is 15.6. The van der Waals surface area contributed by atoms with Crippen LogP contribution in [0.4, 0.5) is 4.39 Å². The van der Waals surface area contributed by atoms with Gasteiger partial charge in [-0.3, -0.25) is 9.32 Å². The number of ether oxygens (including phenoxy) is 2. The van der Waals surface area contributed by atoms with E-state index in [1.165, 1.54) is 17.1 Å². The van der Waals surface area contributed by atoms with Crippen molar-refractivity contribution in [1.29, 1.82) is 5.26 Å². The predicted octanol–water partition coefficient (Wildman–Crippen LogP) is 5.91. The topological polar surface area (TPSA) is 252 Å². The van der Waals surface area contributed by atoms with E-state index < -0.39 is 92.7 Å². The Balaban J connectivity index is 1.59. The van der Waals surface area contributed by atoms with Gasteiger partial charge in [0.25, 0.3) is 5.56 Å². The van der Waals surface area contributed by atoms with E-state index in [1.807, 2.05) is 61.5 Å². The molecule has 338 valence electrons. The van der Waals surface area contributed by atoms with Gasteiger partial charge in [-0.05, 0) is 40.4 Å². The Labute approximate surface area is 361 Å². The van der Waals surface area contributed by atoms with Crippen LogP contribution >= 0.6 is 15.0 Å². The molecule has 2 aliphatic rings. The number of halogens is 1. The van der Waals surface area contributed by atoms with Crippen molar-refractivity contribution >= 4 is 54.9 Å². The summed E-state index contributed by atoms with van der Waals surface area (Å²) in [4.78, 5) is 49.4. The lowest BCUT2D eigenvalue weighted by molar-refractivity contribution is -0.0508. The van der Waals surface area contributed by atoms with Gasteiger partial charge < -0.3 is 46.5 Å². The van der Waals surface area contributed by atoms with E-state index in [0.717, 1.165) is 12.5 Å². The highest BCUT2D eigenvalue weighted by molar-refractivity contribution is 8.07. The summed E-state index contributed by atoms with van der Waals surface area (Å²) in [5, 5.41) is 20.0. The quantitative estimate of drug-likeness (QED) is 0.0519. The number of hydrogen-bond donors (Lipinski definition) is 4. The molecule has 1 aliphatic carbocycles. The molecule has 1 aliphatic heterocycles. The zero-order chi connectivity index (χ0) is 44.9. The van der Waals surface area contributed by atoms with Crippen LogP contribution in [0.5, 0.6) is 5.88 Å². The number of hydrogen-bond acceptors (Lipinski definition) is 17. The fourth-order valence-corrected chi connectivity index (χ4v) is 20.4. The first kappa shape index (κ1) is 49.5. The standard InChI is InChI=1S/C36H55FN6O13P2SSi2/c1-21(2)60(48,22(3)4)56-61(23(5)6,24(7)8)55-32-29(17-44)52-36(43-16-27(37)31-34(43)41-20-42-35(31)45)33(32)54-58(59,49-13-9-11-38)50-18-25-14-26(15-28(25)53-57(46)47)51-30-10-12-39-19-40-30/h10,12,16,19-26,28-29,32-33,36,44,48H,9,13-15,17-18H2,1-8H3,(H-,41,42,45,46,47)/p+1/t25-,26-,28+,29-,32-,33-,36-,58+/m1/s1. The number of aliphatic hydroxyl groups excluding tert-OH is 1. The van der Waals surface area contributed by atoms with Crippen molar-refractivity contribution in [3.8, 4) is 11.9 Å². The Morgan fingerprint density at radius 1 is 1.11 bits per heavy atom. The number of aromatic amines is 1. The molecule has 2 fully saturated rings. The third-order valence-corrected chi connectivity index (χ3v) is 23.6. The minimum Gasteiger partial charge on any atom is -0.474 e. The van der Waals surface area contributed by atoms with Crippen LogP contribution < -0.4 is 10.3 Å². The number of H-pyrrole nitrogens is 1. The molecular weight excluding hydrogens is 894 g/mol. The molecule has 9 atom stereocenters. The predicted molar refractivity (Wildman–Crippen MR) is 227 cm³/mol.